The smallest absolute Gasteiger partial charge is 0.00934 e. The average Bonchev–Trinajstić information content (AvgIpc) is 3.09. The second-order valence-electron chi connectivity index (χ2n) is 3.95. The second-order valence-corrected chi connectivity index (χ2v) is 4.77. The summed E-state index contributed by atoms with van der Waals surface area (Å²) >= 11 is 1.71. The Hall–Kier alpha value is -1.86. The van der Waals surface area contributed by atoms with E-state index in [9.17, 15) is 0 Å². The molecule has 0 radical (unpaired) electrons. The molecule has 2 aliphatic rings. The Kier molecular flexibility index (Phi) is 2.76. The number of allylic oxidation sites excluding steroid dienone is 2. The van der Waals surface area contributed by atoms with Crippen LogP contribution in [0.25, 0.3) is 24.3 Å². The van der Waals surface area contributed by atoms with Crippen molar-refractivity contribution in [2.24, 2.45) is 0 Å². The third kappa shape index (κ3) is 2.15. The van der Waals surface area contributed by atoms with E-state index < -0.39 is 0 Å². The van der Waals surface area contributed by atoms with E-state index in [1.807, 2.05) is 22.9 Å². The zero-order valence-electron chi connectivity index (χ0n) is 9.34. The van der Waals surface area contributed by atoms with Gasteiger partial charge in [0, 0.05) is 0 Å². The normalized spacial score (nSPS) is 13.2. The molecule has 0 aliphatic heterocycles. The topological polar surface area (TPSA) is 0 Å². The molecule has 1 heteroatoms. The molecule has 0 N–H and O–H groups in total. The fraction of sp³-hybridized carbons (Fsp3) is 0. The Morgan fingerprint density at radius 3 is 1.65 bits per heavy atom. The van der Waals surface area contributed by atoms with Gasteiger partial charge in [0.25, 0.3) is 0 Å². The van der Waals surface area contributed by atoms with E-state index in [1.54, 1.807) is 11.3 Å². The van der Waals surface area contributed by atoms with Crippen molar-refractivity contribution in [1.82, 2.24) is 0 Å². The molecule has 4 rings (SSSR count). The SMILES string of the molecule is C1=Cc2cc3c(cc2=C1)C=CC=3.c1ccsc1. The van der Waals surface area contributed by atoms with E-state index in [2.05, 4.69) is 48.6 Å². The summed E-state index contributed by atoms with van der Waals surface area (Å²) in [7, 11) is 0. The molecule has 2 aromatic rings. The summed E-state index contributed by atoms with van der Waals surface area (Å²) in [6.45, 7) is 0. The van der Waals surface area contributed by atoms with E-state index in [1.165, 1.54) is 21.6 Å². The van der Waals surface area contributed by atoms with Gasteiger partial charge in [0.05, 0.1) is 0 Å². The van der Waals surface area contributed by atoms with Crippen molar-refractivity contribution in [3.05, 3.63) is 68.7 Å². The predicted octanol–water partition coefficient (Wildman–Crippen LogP) is 3.05. The standard InChI is InChI=1S/C12H8.C4H4S/c1-3-9-7-11-5-2-6-12(11)8-10(9)4-1;1-2-4-5-3-1/h1-8H;1-4H. The van der Waals surface area contributed by atoms with Crippen molar-refractivity contribution in [2.45, 2.75) is 0 Å². The summed E-state index contributed by atoms with van der Waals surface area (Å²) in [5, 5.41) is 6.77. The molecule has 0 saturated heterocycles. The molecule has 0 amide bonds. The molecule has 1 aromatic carbocycles. The van der Waals surface area contributed by atoms with Gasteiger partial charge in [-0.15, -0.1) is 0 Å². The lowest BCUT2D eigenvalue weighted by Gasteiger charge is -1.94. The summed E-state index contributed by atoms with van der Waals surface area (Å²) in [4.78, 5) is 0. The number of benzene rings is 1. The summed E-state index contributed by atoms with van der Waals surface area (Å²) in [6, 6.07) is 8.52. The van der Waals surface area contributed by atoms with Crippen LogP contribution in [0.1, 0.15) is 11.1 Å². The first-order valence-corrected chi connectivity index (χ1v) is 6.56. The zero-order valence-corrected chi connectivity index (χ0v) is 10.2. The number of hydrogen-bond donors (Lipinski definition) is 0. The van der Waals surface area contributed by atoms with Gasteiger partial charge in [-0.3, -0.25) is 0 Å². The highest BCUT2D eigenvalue weighted by Gasteiger charge is 2.01. The molecular weight excluding hydrogens is 224 g/mol. The van der Waals surface area contributed by atoms with Gasteiger partial charge in [0.2, 0.25) is 0 Å². The highest BCUT2D eigenvalue weighted by atomic mass is 32.1. The van der Waals surface area contributed by atoms with Crippen LogP contribution >= 0.6 is 11.3 Å². The maximum atomic E-state index is 2.24. The van der Waals surface area contributed by atoms with Crippen LogP contribution in [-0.4, -0.2) is 0 Å². The summed E-state index contributed by atoms with van der Waals surface area (Å²) < 4.78 is 0. The molecule has 1 heterocycles. The fourth-order valence-electron chi connectivity index (χ4n) is 1.98. The van der Waals surface area contributed by atoms with Crippen LogP contribution in [0.4, 0.5) is 0 Å². The molecule has 1 aromatic heterocycles. The van der Waals surface area contributed by atoms with Gasteiger partial charge < -0.3 is 0 Å². The van der Waals surface area contributed by atoms with Gasteiger partial charge in [-0.2, -0.15) is 11.3 Å². The molecule has 17 heavy (non-hydrogen) atoms. The van der Waals surface area contributed by atoms with E-state index in [0.29, 0.717) is 0 Å². The minimum absolute atomic E-state index is 1.34. The summed E-state index contributed by atoms with van der Waals surface area (Å²) in [5.74, 6) is 0. The predicted molar refractivity (Wildman–Crippen MR) is 77.0 cm³/mol. The first-order chi connectivity index (χ1) is 8.43. The summed E-state index contributed by atoms with van der Waals surface area (Å²) in [6.07, 6.45) is 12.8. The van der Waals surface area contributed by atoms with Crippen LogP contribution in [0.5, 0.6) is 0 Å². The monoisotopic (exact) mass is 236 g/mol. The van der Waals surface area contributed by atoms with Crippen molar-refractivity contribution in [3.63, 3.8) is 0 Å². The lowest BCUT2D eigenvalue weighted by molar-refractivity contribution is 1.51. The van der Waals surface area contributed by atoms with Crippen LogP contribution in [0.3, 0.4) is 0 Å². The second kappa shape index (κ2) is 4.56. The Morgan fingerprint density at radius 2 is 1.24 bits per heavy atom. The molecule has 82 valence electrons. The quantitative estimate of drug-likeness (QED) is 0.659. The van der Waals surface area contributed by atoms with Gasteiger partial charge in [-0.25, -0.2) is 0 Å². The van der Waals surface area contributed by atoms with Crippen molar-refractivity contribution in [3.8, 4) is 0 Å². The third-order valence-corrected chi connectivity index (χ3v) is 3.45. The van der Waals surface area contributed by atoms with Crippen LogP contribution in [0.15, 0.2) is 47.2 Å². The Labute approximate surface area is 105 Å². The maximum absolute atomic E-state index is 2.24. The van der Waals surface area contributed by atoms with E-state index in [0.717, 1.165) is 0 Å². The first kappa shape index (κ1) is 10.3. The molecule has 0 atom stereocenters. The zero-order chi connectivity index (χ0) is 11.5. The molecule has 0 nitrogen and oxygen atoms in total. The van der Waals surface area contributed by atoms with E-state index in [-0.39, 0.29) is 0 Å². The van der Waals surface area contributed by atoms with E-state index in [4.69, 9.17) is 0 Å². The molecule has 0 spiro atoms. The Balaban J connectivity index is 0.000000153. The van der Waals surface area contributed by atoms with Gasteiger partial charge >= 0.3 is 0 Å². The lowest BCUT2D eigenvalue weighted by atomic mass is 10.1. The Bertz CT molecular complexity index is 619. The van der Waals surface area contributed by atoms with Crippen LogP contribution in [-0.2, 0) is 0 Å². The first-order valence-electron chi connectivity index (χ1n) is 5.61. The van der Waals surface area contributed by atoms with E-state index >= 15 is 0 Å². The van der Waals surface area contributed by atoms with Crippen LogP contribution < -0.4 is 10.4 Å². The maximum Gasteiger partial charge on any atom is -0.00934 e. The van der Waals surface area contributed by atoms with Crippen molar-refractivity contribution >= 4 is 35.6 Å². The van der Waals surface area contributed by atoms with Gasteiger partial charge in [-0.1, -0.05) is 48.6 Å². The molecular formula is C16H12S. The number of rotatable bonds is 0. The summed E-state index contributed by atoms with van der Waals surface area (Å²) in [5.41, 5.74) is 2.68. The molecule has 0 unspecified atom stereocenters. The highest BCUT2D eigenvalue weighted by Crippen LogP contribution is 2.05. The molecule has 0 fully saturated rings. The molecule has 2 aliphatic carbocycles. The van der Waals surface area contributed by atoms with Crippen LogP contribution in [0, 0.1) is 0 Å². The lowest BCUT2D eigenvalue weighted by Crippen LogP contribution is -2.12. The minimum Gasteiger partial charge on any atom is -0.152 e. The molecule has 0 bridgehead atoms. The fourth-order valence-corrected chi connectivity index (χ4v) is 2.44. The average molecular weight is 236 g/mol. The third-order valence-electron chi connectivity index (χ3n) is 2.82. The number of fused-ring (bicyclic) bond motifs is 2. The number of thiophene rings is 1. The number of hydrogen-bond acceptors (Lipinski definition) is 1. The Morgan fingerprint density at radius 1 is 0.706 bits per heavy atom. The van der Waals surface area contributed by atoms with Gasteiger partial charge in [0.15, 0.2) is 0 Å². The van der Waals surface area contributed by atoms with Crippen LogP contribution in [0.2, 0.25) is 0 Å². The van der Waals surface area contributed by atoms with Crippen molar-refractivity contribution in [2.75, 3.05) is 0 Å². The van der Waals surface area contributed by atoms with Gasteiger partial charge in [-0.05, 0) is 44.5 Å². The minimum atomic E-state index is 1.34. The largest absolute Gasteiger partial charge is 0.152 e. The van der Waals surface area contributed by atoms with Crippen molar-refractivity contribution in [1.29, 1.82) is 0 Å². The highest BCUT2D eigenvalue weighted by molar-refractivity contribution is 7.07. The van der Waals surface area contributed by atoms with Crippen molar-refractivity contribution < 1.29 is 0 Å². The van der Waals surface area contributed by atoms with Gasteiger partial charge in [0.1, 0.15) is 0 Å². The molecule has 0 saturated carbocycles.